The Morgan fingerprint density at radius 1 is 1.36 bits per heavy atom. The lowest BCUT2D eigenvalue weighted by Gasteiger charge is -2.08. The van der Waals surface area contributed by atoms with Gasteiger partial charge in [0.15, 0.2) is 0 Å². The van der Waals surface area contributed by atoms with Gasteiger partial charge in [-0.1, -0.05) is 25.6 Å². The molecule has 0 radical (unpaired) electrons. The lowest BCUT2D eigenvalue weighted by molar-refractivity contribution is 0.207. The first kappa shape index (κ1) is 10.7. The molecule has 0 amide bonds. The highest BCUT2D eigenvalue weighted by molar-refractivity contribution is 6.83. The van der Waals surface area contributed by atoms with Crippen LogP contribution in [0.25, 0.3) is 0 Å². The van der Waals surface area contributed by atoms with Crippen molar-refractivity contribution in [2.45, 2.75) is 38.7 Å². The quantitative estimate of drug-likeness (QED) is 0.448. The van der Waals surface area contributed by atoms with Gasteiger partial charge in [-0.15, -0.1) is 5.54 Å². The van der Waals surface area contributed by atoms with Crippen molar-refractivity contribution in [3.05, 3.63) is 0 Å². The Morgan fingerprint density at radius 3 is 2.09 bits per heavy atom. The molecular weight excluding hydrogens is 154 g/mol. The third-order valence-corrected chi connectivity index (χ3v) is 1.99. The third kappa shape index (κ3) is 6.11. The van der Waals surface area contributed by atoms with Crippen molar-refractivity contribution in [1.29, 1.82) is 0 Å². The van der Waals surface area contributed by atoms with E-state index >= 15 is 0 Å². The first-order chi connectivity index (χ1) is 4.83. The highest BCUT2D eigenvalue weighted by atomic mass is 28.3. The smallest absolute Gasteiger partial charge is 0.129 e. The number of aliphatic hydroxyl groups is 1. The van der Waals surface area contributed by atoms with Crippen LogP contribution in [0.1, 0.15) is 6.92 Å². The summed E-state index contributed by atoms with van der Waals surface area (Å²) in [7, 11) is -1.34. The summed E-state index contributed by atoms with van der Waals surface area (Å²) in [5.74, 6) is 2.76. The fourth-order valence-electron chi connectivity index (χ4n) is 0.422. The standard InChI is InChI=1S/C8H17NOSi/c1-7(9)8(10)5-6-11(2,3)4/h7-8,10H,9H2,1-4H3/t7-,8+/m1/s1. The van der Waals surface area contributed by atoms with Crippen LogP contribution in [0.4, 0.5) is 0 Å². The molecule has 0 aliphatic carbocycles. The molecule has 0 fully saturated rings. The SMILES string of the molecule is C[C@@H](N)[C@@H](O)C#C[Si](C)(C)C. The molecule has 0 saturated heterocycles. The summed E-state index contributed by atoms with van der Waals surface area (Å²) in [6.45, 7) is 8.15. The minimum absolute atomic E-state index is 0.251. The highest BCUT2D eigenvalue weighted by Crippen LogP contribution is 1.97. The zero-order chi connectivity index (χ0) is 9.07. The maximum Gasteiger partial charge on any atom is 0.129 e. The van der Waals surface area contributed by atoms with Crippen LogP contribution in [-0.2, 0) is 0 Å². The minimum Gasteiger partial charge on any atom is -0.379 e. The lowest BCUT2D eigenvalue weighted by atomic mass is 10.2. The minimum atomic E-state index is -1.34. The molecule has 0 spiro atoms. The summed E-state index contributed by atoms with van der Waals surface area (Å²) in [6.07, 6.45) is -0.665. The second-order valence-electron chi connectivity index (χ2n) is 3.82. The molecule has 0 heterocycles. The molecule has 11 heavy (non-hydrogen) atoms. The predicted molar refractivity (Wildman–Crippen MR) is 50.8 cm³/mol. The van der Waals surface area contributed by atoms with Gasteiger partial charge in [-0.3, -0.25) is 0 Å². The molecular formula is C8H17NOSi. The molecule has 0 aromatic rings. The van der Waals surface area contributed by atoms with E-state index in [4.69, 9.17) is 5.73 Å². The van der Waals surface area contributed by atoms with Crippen LogP contribution >= 0.6 is 0 Å². The predicted octanol–water partition coefficient (Wildman–Crippen LogP) is 0.575. The van der Waals surface area contributed by atoms with Gasteiger partial charge in [-0.05, 0) is 6.92 Å². The Hall–Kier alpha value is -0.303. The van der Waals surface area contributed by atoms with Gasteiger partial charge < -0.3 is 10.8 Å². The topological polar surface area (TPSA) is 46.2 Å². The molecule has 2 nitrogen and oxygen atoms in total. The Kier molecular flexibility index (Phi) is 3.80. The van der Waals surface area contributed by atoms with Crippen LogP contribution in [-0.4, -0.2) is 25.3 Å². The van der Waals surface area contributed by atoms with E-state index in [0.29, 0.717) is 0 Å². The monoisotopic (exact) mass is 171 g/mol. The Bertz CT molecular complexity index is 173. The summed E-state index contributed by atoms with van der Waals surface area (Å²) < 4.78 is 0. The molecule has 0 aliphatic heterocycles. The van der Waals surface area contributed by atoms with Gasteiger partial charge in [-0.25, -0.2) is 0 Å². The van der Waals surface area contributed by atoms with Crippen molar-refractivity contribution in [2.24, 2.45) is 5.73 Å². The van der Waals surface area contributed by atoms with Crippen molar-refractivity contribution in [3.8, 4) is 11.5 Å². The molecule has 0 unspecified atom stereocenters. The average Bonchev–Trinajstić information content (AvgIpc) is 1.80. The van der Waals surface area contributed by atoms with Gasteiger partial charge in [0.25, 0.3) is 0 Å². The summed E-state index contributed by atoms with van der Waals surface area (Å²) >= 11 is 0. The van der Waals surface area contributed by atoms with E-state index in [9.17, 15) is 5.11 Å². The van der Waals surface area contributed by atoms with E-state index < -0.39 is 14.2 Å². The molecule has 0 aliphatic rings. The Balaban J connectivity index is 4.08. The van der Waals surface area contributed by atoms with E-state index in [0.717, 1.165) is 0 Å². The molecule has 3 heteroatoms. The van der Waals surface area contributed by atoms with Crippen LogP contribution in [0.15, 0.2) is 0 Å². The molecule has 2 atom stereocenters. The number of rotatable bonds is 1. The second-order valence-corrected chi connectivity index (χ2v) is 8.57. The van der Waals surface area contributed by atoms with Crippen LogP contribution in [0.5, 0.6) is 0 Å². The summed E-state index contributed by atoms with van der Waals surface area (Å²) in [4.78, 5) is 0. The van der Waals surface area contributed by atoms with Crippen molar-refractivity contribution in [3.63, 3.8) is 0 Å². The maximum atomic E-state index is 9.21. The van der Waals surface area contributed by atoms with Gasteiger partial charge in [0.1, 0.15) is 14.2 Å². The van der Waals surface area contributed by atoms with Crippen molar-refractivity contribution >= 4 is 8.07 Å². The molecule has 0 bridgehead atoms. The zero-order valence-electron chi connectivity index (χ0n) is 7.68. The zero-order valence-corrected chi connectivity index (χ0v) is 8.68. The largest absolute Gasteiger partial charge is 0.379 e. The van der Waals surface area contributed by atoms with Crippen molar-refractivity contribution in [1.82, 2.24) is 0 Å². The second kappa shape index (κ2) is 3.91. The van der Waals surface area contributed by atoms with Gasteiger partial charge >= 0.3 is 0 Å². The third-order valence-electron chi connectivity index (χ3n) is 1.09. The Morgan fingerprint density at radius 2 is 1.82 bits per heavy atom. The normalized spacial score (nSPS) is 16.5. The van der Waals surface area contributed by atoms with Crippen LogP contribution < -0.4 is 5.73 Å². The maximum absolute atomic E-state index is 9.21. The van der Waals surface area contributed by atoms with Crippen LogP contribution in [0, 0.1) is 11.5 Å². The molecule has 3 N–H and O–H groups in total. The summed E-state index contributed by atoms with van der Waals surface area (Å²) in [5.41, 5.74) is 8.49. The highest BCUT2D eigenvalue weighted by Gasteiger charge is 2.10. The number of hydrogen-bond donors (Lipinski definition) is 2. The van der Waals surface area contributed by atoms with Gasteiger partial charge in [0, 0.05) is 6.04 Å². The van der Waals surface area contributed by atoms with Gasteiger partial charge in [-0.2, -0.15) is 0 Å². The summed E-state index contributed by atoms with van der Waals surface area (Å²) in [5, 5.41) is 9.21. The van der Waals surface area contributed by atoms with Crippen LogP contribution in [0.2, 0.25) is 19.6 Å². The van der Waals surface area contributed by atoms with E-state index in [2.05, 4.69) is 31.1 Å². The van der Waals surface area contributed by atoms with E-state index in [1.165, 1.54) is 0 Å². The fourth-order valence-corrected chi connectivity index (χ4v) is 1.00. The average molecular weight is 171 g/mol. The molecule has 64 valence electrons. The number of hydrogen-bond acceptors (Lipinski definition) is 2. The molecule has 0 rings (SSSR count). The first-order valence-electron chi connectivity index (χ1n) is 3.79. The first-order valence-corrected chi connectivity index (χ1v) is 7.29. The summed E-state index contributed by atoms with van der Waals surface area (Å²) in [6, 6.07) is -0.251. The van der Waals surface area contributed by atoms with E-state index in [-0.39, 0.29) is 6.04 Å². The van der Waals surface area contributed by atoms with Crippen molar-refractivity contribution < 1.29 is 5.11 Å². The van der Waals surface area contributed by atoms with E-state index in [1.807, 2.05) is 0 Å². The number of nitrogens with two attached hydrogens (primary N) is 1. The number of aliphatic hydroxyl groups excluding tert-OH is 1. The lowest BCUT2D eigenvalue weighted by Crippen LogP contribution is -2.30. The van der Waals surface area contributed by atoms with Gasteiger partial charge in [0.2, 0.25) is 0 Å². The fraction of sp³-hybridized carbons (Fsp3) is 0.750. The Labute approximate surface area is 69.8 Å². The van der Waals surface area contributed by atoms with E-state index in [1.54, 1.807) is 6.92 Å². The van der Waals surface area contributed by atoms with Gasteiger partial charge in [0.05, 0.1) is 0 Å². The molecule has 0 aromatic carbocycles. The van der Waals surface area contributed by atoms with Crippen LogP contribution in [0.3, 0.4) is 0 Å². The van der Waals surface area contributed by atoms with Crippen molar-refractivity contribution in [2.75, 3.05) is 0 Å². The molecule has 0 saturated carbocycles. The molecule has 0 aromatic heterocycles.